The van der Waals surface area contributed by atoms with Crippen LogP contribution >= 0.6 is 11.8 Å². The van der Waals surface area contributed by atoms with Crippen LogP contribution in [0.1, 0.15) is 37.2 Å². The molecule has 26 heavy (non-hydrogen) atoms. The number of carbonyl (C=O) groups excluding carboxylic acids is 2. The SMILES string of the molecule is CSc1nc(C)c(CCC(=O)OCC(=O)N2C[C@H](C)O[C@@H](C)C2)c(C)n1. The van der Waals surface area contributed by atoms with E-state index in [2.05, 4.69) is 9.97 Å². The van der Waals surface area contributed by atoms with Crippen LogP contribution in [0.2, 0.25) is 0 Å². The molecule has 2 atom stereocenters. The Hall–Kier alpha value is -1.67. The molecular formula is C18H27N3O4S. The fourth-order valence-electron chi connectivity index (χ4n) is 3.08. The Labute approximate surface area is 158 Å². The maximum Gasteiger partial charge on any atom is 0.306 e. The summed E-state index contributed by atoms with van der Waals surface area (Å²) in [6.45, 7) is 8.52. The first-order valence-electron chi connectivity index (χ1n) is 8.77. The standard InChI is InChI=1S/C18H27N3O4S/c1-11-8-21(9-12(2)25-11)16(22)10-24-17(23)7-6-15-13(3)19-18(26-5)20-14(15)4/h11-12H,6-10H2,1-5H3/t11-,12-/m0/s1. The van der Waals surface area contributed by atoms with Crippen molar-refractivity contribution in [2.24, 2.45) is 0 Å². The first-order chi connectivity index (χ1) is 12.3. The molecular weight excluding hydrogens is 354 g/mol. The van der Waals surface area contributed by atoms with E-state index in [1.54, 1.807) is 4.90 Å². The molecule has 1 fully saturated rings. The maximum atomic E-state index is 12.2. The molecule has 8 heteroatoms. The summed E-state index contributed by atoms with van der Waals surface area (Å²) in [7, 11) is 0. The highest BCUT2D eigenvalue weighted by Crippen LogP contribution is 2.17. The van der Waals surface area contributed by atoms with Crippen LogP contribution in [0.4, 0.5) is 0 Å². The Morgan fingerprint density at radius 1 is 1.19 bits per heavy atom. The van der Waals surface area contributed by atoms with E-state index >= 15 is 0 Å². The zero-order valence-corrected chi connectivity index (χ0v) is 16.9. The lowest BCUT2D eigenvalue weighted by Gasteiger charge is -2.35. The van der Waals surface area contributed by atoms with Gasteiger partial charge in [0.1, 0.15) is 0 Å². The highest BCUT2D eigenvalue weighted by Gasteiger charge is 2.26. The van der Waals surface area contributed by atoms with E-state index in [1.165, 1.54) is 11.8 Å². The molecule has 0 spiro atoms. The molecule has 0 bridgehead atoms. The number of aromatic nitrogens is 2. The smallest absolute Gasteiger partial charge is 0.306 e. The van der Waals surface area contributed by atoms with Gasteiger partial charge in [-0.3, -0.25) is 9.59 Å². The largest absolute Gasteiger partial charge is 0.456 e. The zero-order chi connectivity index (χ0) is 19.3. The van der Waals surface area contributed by atoms with Gasteiger partial charge >= 0.3 is 5.97 Å². The highest BCUT2D eigenvalue weighted by molar-refractivity contribution is 7.98. The molecule has 1 aromatic heterocycles. The number of hydrogen-bond acceptors (Lipinski definition) is 7. The van der Waals surface area contributed by atoms with Crippen molar-refractivity contribution in [1.29, 1.82) is 0 Å². The van der Waals surface area contributed by atoms with E-state index in [4.69, 9.17) is 9.47 Å². The summed E-state index contributed by atoms with van der Waals surface area (Å²) in [5.74, 6) is -0.569. The van der Waals surface area contributed by atoms with Crippen molar-refractivity contribution >= 4 is 23.6 Å². The van der Waals surface area contributed by atoms with Crippen molar-refractivity contribution in [3.8, 4) is 0 Å². The van der Waals surface area contributed by atoms with Gasteiger partial charge in [0.15, 0.2) is 11.8 Å². The number of ether oxygens (including phenoxy) is 2. The van der Waals surface area contributed by atoms with Crippen molar-refractivity contribution < 1.29 is 19.1 Å². The highest BCUT2D eigenvalue weighted by atomic mass is 32.2. The zero-order valence-electron chi connectivity index (χ0n) is 16.1. The van der Waals surface area contributed by atoms with Gasteiger partial charge in [-0.2, -0.15) is 0 Å². The van der Waals surface area contributed by atoms with Gasteiger partial charge in [0.2, 0.25) is 0 Å². The van der Waals surface area contributed by atoms with Gasteiger partial charge in [-0.15, -0.1) is 0 Å². The quantitative estimate of drug-likeness (QED) is 0.423. The summed E-state index contributed by atoms with van der Waals surface area (Å²) in [5, 5.41) is 0.728. The minimum Gasteiger partial charge on any atom is -0.456 e. The third-order valence-corrected chi connectivity index (χ3v) is 4.84. The average Bonchev–Trinajstić information content (AvgIpc) is 2.57. The molecule has 1 saturated heterocycles. The fourth-order valence-corrected chi connectivity index (χ4v) is 3.53. The van der Waals surface area contributed by atoms with Crippen LogP contribution < -0.4 is 0 Å². The Morgan fingerprint density at radius 3 is 2.31 bits per heavy atom. The second-order valence-electron chi connectivity index (χ2n) is 6.58. The molecule has 0 N–H and O–H groups in total. The molecule has 0 aromatic carbocycles. The van der Waals surface area contributed by atoms with Gasteiger partial charge in [-0.1, -0.05) is 11.8 Å². The monoisotopic (exact) mass is 381 g/mol. The van der Waals surface area contributed by atoms with E-state index in [0.29, 0.717) is 19.5 Å². The first-order valence-corrected chi connectivity index (χ1v) is 9.99. The summed E-state index contributed by atoms with van der Waals surface area (Å²) in [5.41, 5.74) is 2.71. The van der Waals surface area contributed by atoms with Crippen molar-refractivity contribution in [3.05, 3.63) is 17.0 Å². The van der Waals surface area contributed by atoms with Gasteiger partial charge in [-0.05, 0) is 45.9 Å². The summed E-state index contributed by atoms with van der Waals surface area (Å²) < 4.78 is 10.8. The Morgan fingerprint density at radius 2 is 1.77 bits per heavy atom. The van der Waals surface area contributed by atoms with E-state index in [-0.39, 0.29) is 37.1 Å². The van der Waals surface area contributed by atoms with Crippen molar-refractivity contribution in [1.82, 2.24) is 14.9 Å². The summed E-state index contributed by atoms with van der Waals surface area (Å²) >= 11 is 1.49. The topological polar surface area (TPSA) is 81.6 Å². The van der Waals surface area contributed by atoms with Crippen molar-refractivity contribution in [3.63, 3.8) is 0 Å². The normalized spacial score (nSPS) is 20.1. The molecule has 0 radical (unpaired) electrons. The molecule has 1 aliphatic heterocycles. The maximum absolute atomic E-state index is 12.2. The molecule has 144 valence electrons. The van der Waals surface area contributed by atoms with Crippen molar-refractivity contribution in [2.75, 3.05) is 26.0 Å². The van der Waals surface area contributed by atoms with Gasteiger partial charge < -0.3 is 14.4 Å². The van der Waals surface area contributed by atoms with E-state index in [0.717, 1.165) is 22.1 Å². The Kier molecular flexibility index (Phi) is 7.40. The van der Waals surface area contributed by atoms with Crippen LogP contribution in [0.15, 0.2) is 5.16 Å². The molecule has 0 unspecified atom stereocenters. The minimum atomic E-state index is -0.388. The van der Waals surface area contributed by atoms with Crippen LogP contribution in [0.5, 0.6) is 0 Å². The fraction of sp³-hybridized carbons (Fsp3) is 0.667. The molecule has 0 aliphatic carbocycles. The number of morpholine rings is 1. The van der Waals surface area contributed by atoms with Crippen molar-refractivity contribution in [2.45, 2.75) is 57.9 Å². The number of carbonyl (C=O) groups is 2. The van der Waals surface area contributed by atoms with Gasteiger partial charge in [0.25, 0.3) is 5.91 Å². The molecule has 2 rings (SSSR count). The summed E-state index contributed by atoms with van der Waals surface area (Å²) in [4.78, 5) is 34.7. The second-order valence-corrected chi connectivity index (χ2v) is 7.35. The van der Waals surface area contributed by atoms with Crippen LogP contribution in [-0.4, -0.2) is 64.9 Å². The van der Waals surface area contributed by atoms with Crippen LogP contribution in [0, 0.1) is 13.8 Å². The van der Waals surface area contributed by atoms with Gasteiger partial charge in [0, 0.05) is 30.9 Å². The predicted octanol–water partition coefficient (Wildman–Crippen LogP) is 1.93. The number of esters is 1. The van der Waals surface area contributed by atoms with E-state index < -0.39 is 0 Å². The van der Waals surface area contributed by atoms with Crippen LogP contribution in [0.3, 0.4) is 0 Å². The number of hydrogen-bond donors (Lipinski definition) is 0. The van der Waals surface area contributed by atoms with Crippen LogP contribution in [0.25, 0.3) is 0 Å². The summed E-state index contributed by atoms with van der Waals surface area (Å²) in [6.07, 6.45) is 2.62. The van der Waals surface area contributed by atoms with E-state index in [9.17, 15) is 9.59 Å². The lowest BCUT2D eigenvalue weighted by atomic mass is 10.1. The number of nitrogens with zero attached hydrogens (tertiary/aromatic N) is 3. The third kappa shape index (κ3) is 5.67. The second kappa shape index (κ2) is 9.32. The number of amides is 1. The Bertz CT molecular complexity index is 635. The molecule has 1 aliphatic rings. The third-order valence-electron chi connectivity index (χ3n) is 4.29. The molecule has 2 heterocycles. The predicted molar refractivity (Wildman–Crippen MR) is 99.2 cm³/mol. The Balaban J connectivity index is 1.81. The van der Waals surface area contributed by atoms with Gasteiger partial charge in [-0.25, -0.2) is 9.97 Å². The van der Waals surface area contributed by atoms with Gasteiger partial charge in [0.05, 0.1) is 12.2 Å². The molecule has 1 amide bonds. The number of rotatable bonds is 6. The lowest BCUT2D eigenvalue weighted by Crippen LogP contribution is -2.49. The number of aryl methyl sites for hydroxylation is 2. The molecule has 1 aromatic rings. The molecule has 0 saturated carbocycles. The molecule has 7 nitrogen and oxygen atoms in total. The van der Waals surface area contributed by atoms with Crippen LogP contribution in [-0.2, 0) is 25.5 Å². The lowest BCUT2D eigenvalue weighted by molar-refractivity contribution is -0.157. The average molecular weight is 381 g/mol. The first kappa shape index (κ1) is 20.6. The number of thioether (sulfide) groups is 1. The minimum absolute atomic E-state index is 0.00592. The summed E-state index contributed by atoms with van der Waals surface area (Å²) in [6, 6.07) is 0. The van der Waals surface area contributed by atoms with E-state index in [1.807, 2.05) is 34.0 Å².